The van der Waals surface area contributed by atoms with E-state index in [4.69, 9.17) is 5.26 Å². The van der Waals surface area contributed by atoms with Crippen molar-refractivity contribution in [2.24, 2.45) is 0 Å². The highest BCUT2D eigenvalue weighted by Crippen LogP contribution is 2.24. The number of benzene rings is 2. The Balaban J connectivity index is 2.03. The lowest BCUT2D eigenvalue weighted by molar-refractivity contribution is 1.30. The zero-order chi connectivity index (χ0) is 12.1. The number of hydrogen-bond acceptors (Lipinski definition) is 2. The highest BCUT2D eigenvalue weighted by Gasteiger charge is 1.99. The largest absolute Gasteiger partial charge is 0.192 e. The first-order chi connectivity index (χ1) is 8.29. The van der Waals surface area contributed by atoms with E-state index in [2.05, 4.69) is 37.3 Å². The van der Waals surface area contributed by atoms with Crippen LogP contribution in [0.25, 0.3) is 0 Å². The number of thioether (sulfide) groups is 1. The Morgan fingerprint density at radius 3 is 2.41 bits per heavy atom. The predicted molar refractivity (Wildman–Crippen MR) is 71.9 cm³/mol. The van der Waals surface area contributed by atoms with Crippen LogP contribution in [0.15, 0.2) is 53.4 Å². The number of rotatable bonds is 3. The molecule has 0 atom stereocenters. The van der Waals surface area contributed by atoms with Crippen LogP contribution in [0.5, 0.6) is 0 Å². The monoisotopic (exact) mass is 239 g/mol. The van der Waals surface area contributed by atoms with Gasteiger partial charge in [0.1, 0.15) is 0 Å². The number of hydrogen-bond donors (Lipinski definition) is 0. The fraction of sp³-hybridized carbons (Fsp3) is 0.133. The van der Waals surface area contributed by atoms with Crippen molar-refractivity contribution in [1.82, 2.24) is 0 Å². The van der Waals surface area contributed by atoms with Gasteiger partial charge in [-0.2, -0.15) is 5.26 Å². The SMILES string of the molecule is Cc1ccccc1CSc1ccc(C#N)cc1. The second kappa shape index (κ2) is 5.56. The number of nitrogens with zero attached hydrogens (tertiary/aromatic N) is 1. The molecule has 0 bridgehead atoms. The minimum Gasteiger partial charge on any atom is -0.192 e. The topological polar surface area (TPSA) is 23.8 Å². The van der Waals surface area contributed by atoms with Gasteiger partial charge in [0.25, 0.3) is 0 Å². The van der Waals surface area contributed by atoms with Gasteiger partial charge in [-0.25, -0.2) is 0 Å². The molecule has 0 saturated carbocycles. The van der Waals surface area contributed by atoms with Gasteiger partial charge in [0.05, 0.1) is 11.6 Å². The highest BCUT2D eigenvalue weighted by atomic mass is 32.2. The van der Waals surface area contributed by atoms with Crippen LogP contribution in [0.1, 0.15) is 16.7 Å². The summed E-state index contributed by atoms with van der Waals surface area (Å²) < 4.78 is 0. The fourth-order valence-electron chi connectivity index (χ4n) is 1.56. The smallest absolute Gasteiger partial charge is 0.0991 e. The Labute approximate surface area is 106 Å². The van der Waals surface area contributed by atoms with Crippen LogP contribution in [0.2, 0.25) is 0 Å². The van der Waals surface area contributed by atoms with Crippen molar-refractivity contribution < 1.29 is 0 Å². The maximum absolute atomic E-state index is 8.72. The normalized spacial score (nSPS) is 9.88. The Bertz CT molecular complexity index is 538. The van der Waals surface area contributed by atoms with E-state index in [1.807, 2.05) is 24.3 Å². The van der Waals surface area contributed by atoms with Crippen molar-refractivity contribution in [3.8, 4) is 6.07 Å². The second-order valence-corrected chi connectivity index (χ2v) is 4.90. The summed E-state index contributed by atoms with van der Waals surface area (Å²) in [6.45, 7) is 2.13. The standard InChI is InChI=1S/C15H13NS/c1-12-4-2-3-5-14(12)11-17-15-8-6-13(10-16)7-9-15/h2-9H,11H2,1H3. The highest BCUT2D eigenvalue weighted by molar-refractivity contribution is 7.98. The molecule has 0 N–H and O–H groups in total. The van der Waals surface area contributed by atoms with Gasteiger partial charge in [0.2, 0.25) is 0 Å². The molecule has 0 aliphatic carbocycles. The van der Waals surface area contributed by atoms with E-state index in [-0.39, 0.29) is 0 Å². The van der Waals surface area contributed by atoms with Crippen molar-refractivity contribution in [3.63, 3.8) is 0 Å². The van der Waals surface area contributed by atoms with Gasteiger partial charge in [0.15, 0.2) is 0 Å². The molecule has 0 spiro atoms. The lowest BCUT2D eigenvalue weighted by Crippen LogP contribution is -1.85. The summed E-state index contributed by atoms with van der Waals surface area (Å²) in [4.78, 5) is 1.20. The summed E-state index contributed by atoms with van der Waals surface area (Å²) >= 11 is 1.80. The van der Waals surface area contributed by atoms with Crippen LogP contribution in [-0.2, 0) is 5.75 Å². The third kappa shape index (κ3) is 3.12. The molecule has 0 aliphatic rings. The molecule has 0 fully saturated rings. The molecule has 0 saturated heterocycles. The molecule has 2 heteroatoms. The Morgan fingerprint density at radius 1 is 1.06 bits per heavy atom. The van der Waals surface area contributed by atoms with Crippen LogP contribution in [0.4, 0.5) is 0 Å². The average molecular weight is 239 g/mol. The van der Waals surface area contributed by atoms with Gasteiger partial charge in [0, 0.05) is 10.6 Å². The van der Waals surface area contributed by atoms with Gasteiger partial charge < -0.3 is 0 Å². The van der Waals surface area contributed by atoms with Gasteiger partial charge in [-0.05, 0) is 42.3 Å². The minimum absolute atomic E-state index is 0.713. The van der Waals surface area contributed by atoms with Crippen LogP contribution in [0.3, 0.4) is 0 Å². The number of aryl methyl sites for hydroxylation is 1. The van der Waals surface area contributed by atoms with Gasteiger partial charge >= 0.3 is 0 Å². The summed E-state index contributed by atoms with van der Waals surface area (Å²) in [5.41, 5.74) is 3.40. The quantitative estimate of drug-likeness (QED) is 0.751. The summed E-state index contributed by atoms with van der Waals surface area (Å²) in [6, 6.07) is 18.3. The lowest BCUT2D eigenvalue weighted by atomic mass is 10.1. The first-order valence-corrected chi connectivity index (χ1v) is 6.45. The van der Waals surface area contributed by atoms with Gasteiger partial charge in [-0.15, -0.1) is 11.8 Å². The maximum Gasteiger partial charge on any atom is 0.0991 e. The van der Waals surface area contributed by atoms with E-state index in [1.165, 1.54) is 16.0 Å². The van der Waals surface area contributed by atoms with Crippen molar-refractivity contribution in [2.45, 2.75) is 17.6 Å². The zero-order valence-corrected chi connectivity index (χ0v) is 10.5. The molecule has 17 heavy (non-hydrogen) atoms. The minimum atomic E-state index is 0.713. The summed E-state index contributed by atoms with van der Waals surface area (Å²) in [5, 5.41) is 8.72. The molecule has 0 heterocycles. The third-order valence-corrected chi connectivity index (χ3v) is 3.70. The first kappa shape index (κ1) is 11.8. The van der Waals surface area contributed by atoms with Crippen LogP contribution >= 0.6 is 11.8 Å². The van der Waals surface area contributed by atoms with E-state index in [0.29, 0.717) is 5.56 Å². The molecule has 2 aromatic carbocycles. The predicted octanol–water partition coefficient (Wildman–Crippen LogP) is 4.16. The van der Waals surface area contributed by atoms with E-state index in [0.717, 1.165) is 5.75 Å². The summed E-state index contributed by atoms with van der Waals surface area (Å²) in [6.07, 6.45) is 0. The maximum atomic E-state index is 8.72. The van der Waals surface area contributed by atoms with E-state index in [9.17, 15) is 0 Å². The molecular weight excluding hydrogens is 226 g/mol. The lowest BCUT2D eigenvalue weighted by Gasteiger charge is -2.05. The Hall–Kier alpha value is -1.72. The van der Waals surface area contributed by atoms with E-state index in [1.54, 1.807) is 11.8 Å². The summed E-state index contributed by atoms with van der Waals surface area (Å²) in [7, 11) is 0. The van der Waals surface area contributed by atoms with Crippen LogP contribution in [0, 0.1) is 18.3 Å². The van der Waals surface area contributed by atoms with Crippen LogP contribution in [-0.4, -0.2) is 0 Å². The molecule has 0 radical (unpaired) electrons. The first-order valence-electron chi connectivity index (χ1n) is 5.47. The molecule has 0 unspecified atom stereocenters. The van der Waals surface area contributed by atoms with Crippen molar-refractivity contribution >= 4 is 11.8 Å². The number of nitriles is 1. The van der Waals surface area contributed by atoms with Crippen LogP contribution < -0.4 is 0 Å². The molecule has 2 aromatic rings. The molecule has 0 amide bonds. The fourth-order valence-corrected chi connectivity index (χ4v) is 2.53. The molecule has 2 rings (SSSR count). The van der Waals surface area contributed by atoms with Crippen molar-refractivity contribution in [1.29, 1.82) is 5.26 Å². The summed E-state index contributed by atoms with van der Waals surface area (Å²) in [5.74, 6) is 0.971. The zero-order valence-electron chi connectivity index (χ0n) is 9.68. The second-order valence-electron chi connectivity index (χ2n) is 3.85. The Morgan fingerprint density at radius 2 is 1.76 bits per heavy atom. The van der Waals surface area contributed by atoms with Crippen molar-refractivity contribution in [2.75, 3.05) is 0 Å². The van der Waals surface area contributed by atoms with Crippen molar-refractivity contribution in [3.05, 3.63) is 65.2 Å². The third-order valence-electron chi connectivity index (χ3n) is 2.64. The Kier molecular flexibility index (Phi) is 3.85. The van der Waals surface area contributed by atoms with E-state index >= 15 is 0 Å². The van der Waals surface area contributed by atoms with E-state index < -0.39 is 0 Å². The van der Waals surface area contributed by atoms with Gasteiger partial charge in [-0.3, -0.25) is 0 Å². The average Bonchev–Trinajstić information content (AvgIpc) is 2.38. The van der Waals surface area contributed by atoms with Gasteiger partial charge in [-0.1, -0.05) is 24.3 Å². The molecule has 0 aliphatic heterocycles. The molecule has 84 valence electrons. The molecular formula is C15H13NS. The molecule has 0 aromatic heterocycles. The molecule has 1 nitrogen and oxygen atoms in total.